The fraction of sp³-hybridized carbons (Fsp3) is 0.750. The van der Waals surface area contributed by atoms with Crippen LogP contribution >= 0.6 is 39.5 Å². The lowest BCUT2D eigenvalue weighted by atomic mass is 10.5. The summed E-state index contributed by atoms with van der Waals surface area (Å²) >= 11 is 6.66. The summed E-state index contributed by atoms with van der Waals surface area (Å²) in [5.41, 5.74) is 0. The second-order valence-electron chi connectivity index (χ2n) is 2.39. The molecule has 1 atom stereocenters. The second kappa shape index (κ2) is 8.05. The van der Waals surface area contributed by atoms with Gasteiger partial charge in [-0.25, -0.2) is 0 Å². The average molecular weight is 350 g/mol. The van der Waals surface area contributed by atoms with E-state index in [1.54, 1.807) is 19.9 Å². The number of rotatable bonds is 7. The third-order valence-corrected chi connectivity index (χ3v) is 5.21. The van der Waals surface area contributed by atoms with Crippen molar-refractivity contribution in [2.24, 2.45) is 0 Å². The van der Waals surface area contributed by atoms with Crippen molar-refractivity contribution in [1.82, 2.24) is 0 Å². The van der Waals surface area contributed by atoms with E-state index in [1.807, 2.05) is 0 Å². The molecule has 6 heteroatoms. The van der Waals surface area contributed by atoms with Crippen molar-refractivity contribution in [3.8, 4) is 0 Å². The van der Waals surface area contributed by atoms with Gasteiger partial charge in [0.2, 0.25) is 0 Å². The van der Waals surface area contributed by atoms with E-state index in [4.69, 9.17) is 9.05 Å². The molecular formula is C8H15Br2O3P. The minimum atomic E-state index is -3.02. The van der Waals surface area contributed by atoms with Gasteiger partial charge in [-0.1, -0.05) is 37.9 Å². The summed E-state index contributed by atoms with van der Waals surface area (Å²) in [7, 11) is -3.02. The molecule has 0 saturated carbocycles. The number of allylic oxidation sites excluding steroid dienone is 1. The first-order chi connectivity index (χ1) is 6.58. The molecule has 0 saturated heterocycles. The summed E-state index contributed by atoms with van der Waals surface area (Å²) in [4.78, 5) is 0.136. The summed E-state index contributed by atoms with van der Waals surface area (Å²) in [6, 6.07) is 0. The molecule has 0 rings (SSSR count). The molecule has 0 amide bonds. The van der Waals surface area contributed by atoms with Crippen LogP contribution in [0.2, 0.25) is 0 Å². The fourth-order valence-corrected chi connectivity index (χ4v) is 2.72. The van der Waals surface area contributed by atoms with Gasteiger partial charge in [0.15, 0.2) is 0 Å². The molecule has 0 aromatic heterocycles. The first-order valence-electron chi connectivity index (χ1n) is 4.36. The van der Waals surface area contributed by atoms with Crippen molar-refractivity contribution in [3.05, 3.63) is 11.9 Å². The van der Waals surface area contributed by atoms with Gasteiger partial charge < -0.3 is 9.05 Å². The minimum Gasteiger partial charge on any atom is -0.306 e. The standard InChI is InChI=1S/C8H15Br2O3P/c1-3-12-14(11,13-4-2)6-5-8(10)7-9/h5-6,8H,3-4,7H2,1-2H3/b6-5+. The highest BCUT2D eigenvalue weighted by Crippen LogP contribution is 2.49. The van der Waals surface area contributed by atoms with Crippen LogP contribution in [0.5, 0.6) is 0 Å². The van der Waals surface area contributed by atoms with Crippen molar-refractivity contribution in [1.29, 1.82) is 0 Å². The Kier molecular flexibility index (Phi) is 8.54. The molecule has 0 aromatic rings. The Hall–Kier alpha value is 0.850. The Labute approximate surface area is 102 Å². The second-order valence-corrected chi connectivity index (χ2v) is 6.11. The van der Waals surface area contributed by atoms with Gasteiger partial charge in [0, 0.05) is 16.0 Å². The van der Waals surface area contributed by atoms with E-state index >= 15 is 0 Å². The van der Waals surface area contributed by atoms with Gasteiger partial charge in [0.1, 0.15) is 0 Å². The van der Waals surface area contributed by atoms with Crippen LogP contribution in [0.3, 0.4) is 0 Å². The van der Waals surface area contributed by atoms with Crippen molar-refractivity contribution < 1.29 is 13.6 Å². The first kappa shape index (κ1) is 14.8. The van der Waals surface area contributed by atoms with Gasteiger partial charge in [0.25, 0.3) is 0 Å². The Morgan fingerprint density at radius 1 is 1.36 bits per heavy atom. The van der Waals surface area contributed by atoms with Crippen LogP contribution in [-0.4, -0.2) is 23.4 Å². The maximum atomic E-state index is 11.9. The first-order valence-corrected chi connectivity index (χ1v) is 8.01. The molecule has 1 unspecified atom stereocenters. The molecular weight excluding hydrogens is 335 g/mol. The van der Waals surface area contributed by atoms with Crippen LogP contribution in [0.1, 0.15) is 13.8 Å². The predicted octanol–water partition coefficient (Wildman–Crippen LogP) is 3.92. The zero-order chi connectivity index (χ0) is 11.0. The lowest BCUT2D eigenvalue weighted by Gasteiger charge is -2.12. The molecule has 0 heterocycles. The number of alkyl halides is 2. The Balaban J connectivity index is 4.35. The highest BCUT2D eigenvalue weighted by molar-refractivity contribution is 9.12. The normalized spacial score (nSPS) is 14.9. The van der Waals surface area contributed by atoms with Gasteiger partial charge in [0.05, 0.1) is 13.2 Å². The van der Waals surface area contributed by atoms with Crippen LogP contribution in [0.25, 0.3) is 0 Å². The van der Waals surface area contributed by atoms with Crippen LogP contribution in [0, 0.1) is 0 Å². The van der Waals surface area contributed by atoms with Crippen LogP contribution in [0.15, 0.2) is 11.9 Å². The van der Waals surface area contributed by atoms with Gasteiger partial charge in [-0.2, -0.15) is 0 Å². The van der Waals surface area contributed by atoms with E-state index in [9.17, 15) is 4.57 Å². The lowest BCUT2D eigenvalue weighted by molar-refractivity contribution is 0.229. The summed E-state index contributed by atoms with van der Waals surface area (Å²) in [5, 5.41) is 0.752. The molecule has 14 heavy (non-hydrogen) atoms. The quantitative estimate of drug-likeness (QED) is 0.516. The molecule has 0 fully saturated rings. The maximum absolute atomic E-state index is 11.9. The molecule has 0 aliphatic carbocycles. The average Bonchev–Trinajstić information content (AvgIpc) is 2.15. The summed E-state index contributed by atoms with van der Waals surface area (Å²) in [6.07, 6.45) is 1.76. The van der Waals surface area contributed by atoms with Crippen LogP contribution < -0.4 is 0 Å². The van der Waals surface area contributed by atoms with Crippen molar-refractivity contribution >= 4 is 39.5 Å². The van der Waals surface area contributed by atoms with E-state index in [1.165, 1.54) is 5.82 Å². The molecule has 84 valence electrons. The topological polar surface area (TPSA) is 35.5 Å². The maximum Gasteiger partial charge on any atom is 0.353 e. The predicted molar refractivity (Wildman–Crippen MR) is 66.5 cm³/mol. The van der Waals surface area contributed by atoms with Gasteiger partial charge in [-0.05, 0) is 13.8 Å². The number of halogens is 2. The van der Waals surface area contributed by atoms with Crippen molar-refractivity contribution in [2.45, 2.75) is 18.7 Å². The van der Waals surface area contributed by atoms with Crippen LogP contribution in [0.4, 0.5) is 0 Å². The molecule has 0 radical (unpaired) electrons. The highest BCUT2D eigenvalue weighted by atomic mass is 79.9. The highest BCUT2D eigenvalue weighted by Gasteiger charge is 2.19. The smallest absolute Gasteiger partial charge is 0.306 e. The molecule has 0 aromatic carbocycles. The van der Waals surface area contributed by atoms with Crippen LogP contribution in [-0.2, 0) is 13.6 Å². The summed E-state index contributed by atoms with van der Waals surface area (Å²) in [6.45, 7) is 4.33. The van der Waals surface area contributed by atoms with Crippen molar-refractivity contribution in [2.75, 3.05) is 18.5 Å². The fourth-order valence-electron chi connectivity index (χ4n) is 0.733. The SMILES string of the molecule is CCOP(=O)(/C=C/C(Br)CBr)OCC. The Morgan fingerprint density at radius 3 is 2.21 bits per heavy atom. The molecule has 0 spiro atoms. The number of hydrogen-bond acceptors (Lipinski definition) is 3. The Morgan fingerprint density at radius 2 is 1.86 bits per heavy atom. The zero-order valence-electron chi connectivity index (χ0n) is 8.28. The van der Waals surface area contributed by atoms with E-state index < -0.39 is 7.60 Å². The van der Waals surface area contributed by atoms with E-state index in [-0.39, 0.29) is 4.83 Å². The van der Waals surface area contributed by atoms with Gasteiger partial charge in [-0.3, -0.25) is 4.57 Å². The van der Waals surface area contributed by atoms with Gasteiger partial charge in [-0.15, -0.1) is 0 Å². The number of hydrogen-bond donors (Lipinski definition) is 0. The third kappa shape index (κ3) is 6.36. The van der Waals surface area contributed by atoms with Gasteiger partial charge >= 0.3 is 7.60 Å². The zero-order valence-corrected chi connectivity index (χ0v) is 12.3. The van der Waals surface area contributed by atoms with E-state index in [0.29, 0.717) is 13.2 Å². The molecule has 0 aliphatic rings. The molecule has 0 aliphatic heterocycles. The third-order valence-electron chi connectivity index (χ3n) is 1.24. The molecule has 3 nitrogen and oxygen atoms in total. The van der Waals surface area contributed by atoms with E-state index in [0.717, 1.165) is 5.33 Å². The molecule has 0 N–H and O–H groups in total. The molecule has 0 bridgehead atoms. The summed E-state index contributed by atoms with van der Waals surface area (Å²) in [5.74, 6) is 1.50. The lowest BCUT2D eigenvalue weighted by Crippen LogP contribution is -1.96. The summed E-state index contributed by atoms with van der Waals surface area (Å²) < 4.78 is 22.0. The Bertz CT molecular complexity index is 211. The van der Waals surface area contributed by atoms with E-state index in [2.05, 4.69) is 31.9 Å². The minimum absolute atomic E-state index is 0.136. The largest absolute Gasteiger partial charge is 0.353 e. The monoisotopic (exact) mass is 348 g/mol. The van der Waals surface area contributed by atoms with Crippen molar-refractivity contribution in [3.63, 3.8) is 0 Å².